The summed E-state index contributed by atoms with van der Waals surface area (Å²) in [5.74, 6) is 1.08. The van der Waals surface area contributed by atoms with Crippen LogP contribution in [0.3, 0.4) is 0 Å². The van der Waals surface area contributed by atoms with Crippen LogP contribution in [0, 0.1) is 5.92 Å². The van der Waals surface area contributed by atoms with Gasteiger partial charge in [0, 0.05) is 13.1 Å². The molecule has 24 heavy (non-hydrogen) atoms. The summed E-state index contributed by atoms with van der Waals surface area (Å²) in [7, 11) is 0. The monoisotopic (exact) mass is 364 g/mol. The SMILES string of the molecule is CC1CCN(C(=O)c2ccc(Nc3c(Cl)cccc3Cl)nn2)CC1. The minimum absolute atomic E-state index is 0.0725. The molecule has 1 fully saturated rings. The third-order valence-electron chi connectivity index (χ3n) is 4.17. The van der Waals surface area contributed by atoms with E-state index in [0.29, 0.717) is 33.2 Å². The molecule has 0 radical (unpaired) electrons. The number of anilines is 2. The van der Waals surface area contributed by atoms with E-state index < -0.39 is 0 Å². The highest BCUT2D eigenvalue weighted by Gasteiger charge is 2.22. The molecule has 1 saturated heterocycles. The molecule has 126 valence electrons. The number of nitrogens with zero attached hydrogens (tertiary/aromatic N) is 3. The van der Waals surface area contributed by atoms with E-state index in [-0.39, 0.29) is 5.91 Å². The first-order valence-electron chi connectivity index (χ1n) is 7.88. The lowest BCUT2D eigenvalue weighted by molar-refractivity contribution is 0.0690. The largest absolute Gasteiger partial charge is 0.337 e. The summed E-state index contributed by atoms with van der Waals surface area (Å²) in [5, 5.41) is 12.1. The van der Waals surface area contributed by atoms with Gasteiger partial charge >= 0.3 is 0 Å². The van der Waals surface area contributed by atoms with Gasteiger partial charge in [-0.25, -0.2) is 0 Å². The summed E-state index contributed by atoms with van der Waals surface area (Å²) in [6, 6.07) is 8.60. The van der Waals surface area contributed by atoms with Gasteiger partial charge in [0.05, 0.1) is 15.7 Å². The third kappa shape index (κ3) is 3.79. The Morgan fingerprint density at radius 2 is 1.79 bits per heavy atom. The molecular formula is C17H18Cl2N4O. The fraction of sp³-hybridized carbons (Fsp3) is 0.353. The number of nitrogens with one attached hydrogen (secondary N) is 1. The molecule has 0 spiro atoms. The quantitative estimate of drug-likeness (QED) is 0.876. The molecule has 1 aliphatic rings. The number of halogens is 2. The Morgan fingerprint density at radius 3 is 2.38 bits per heavy atom. The molecule has 2 heterocycles. The number of para-hydroxylation sites is 1. The first-order chi connectivity index (χ1) is 11.5. The van der Waals surface area contributed by atoms with Crippen molar-refractivity contribution >= 4 is 40.6 Å². The van der Waals surface area contributed by atoms with Crippen LogP contribution in [0.15, 0.2) is 30.3 Å². The molecule has 1 amide bonds. The van der Waals surface area contributed by atoms with Gasteiger partial charge in [-0.1, -0.05) is 36.2 Å². The van der Waals surface area contributed by atoms with Crippen molar-refractivity contribution in [3.63, 3.8) is 0 Å². The number of likely N-dealkylation sites (tertiary alicyclic amines) is 1. The molecule has 0 aliphatic carbocycles. The molecular weight excluding hydrogens is 347 g/mol. The first-order valence-corrected chi connectivity index (χ1v) is 8.64. The topological polar surface area (TPSA) is 58.1 Å². The van der Waals surface area contributed by atoms with E-state index in [1.54, 1.807) is 30.3 Å². The van der Waals surface area contributed by atoms with E-state index in [2.05, 4.69) is 22.4 Å². The normalized spacial score (nSPS) is 15.4. The lowest BCUT2D eigenvalue weighted by Crippen LogP contribution is -2.38. The van der Waals surface area contributed by atoms with Crippen LogP contribution in [-0.4, -0.2) is 34.1 Å². The summed E-state index contributed by atoms with van der Waals surface area (Å²) in [6.45, 7) is 3.76. The maximum Gasteiger partial charge on any atom is 0.274 e. The minimum Gasteiger partial charge on any atom is -0.337 e. The molecule has 1 N–H and O–H groups in total. The van der Waals surface area contributed by atoms with Crippen molar-refractivity contribution in [1.82, 2.24) is 15.1 Å². The van der Waals surface area contributed by atoms with Crippen molar-refractivity contribution in [3.8, 4) is 0 Å². The zero-order chi connectivity index (χ0) is 17.1. The Balaban J connectivity index is 1.70. The number of hydrogen-bond acceptors (Lipinski definition) is 4. The molecule has 0 bridgehead atoms. The standard InChI is InChI=1S/C17H18Cl2N4O/c1-11-7-9-23(10-8-11)17(24)14-5-6-15(22-21-14)20-16-12(18)3-2-4-13(16)19/h2-6,11H,7-10H2,1H3,(H,20,22). The van der Waals surface area contributed by atoms with Crippen LogP contribution < -0.4 is 5.32 Å². The molecule has 3 rings (SSSR count). The van der Waals surface area contributed by atoms with Crippen LogP contribution in [-0.2, 0) is 0 Å². The number of amides is 1. The van der Waals surface area contributed by atoms with Gasteiger partial charge in [-0.2, -0.15) is 0 Å². The van der Waals surface area contributed by atoms with Gasteiger partial charge in [0.25, 0.3) is 5.91 Å². The molecule has 1 aliphatic heterocycles. The van der Waals surface area contributed by atoms with Gasteiger partial charge in [-0.15, -0.1) is 10.2 Å². The van der Waals surface area contributed by atoms with Crippen molar-refractivity contribution in [2.75, 3.05) is 18.4 Å². The van der Waals surface area contributed by atoms with E-state index >= 15 is 0 Å². The second kappa shape index (κ2) is 7.36. The highest BCUT2D eigenvalue weighted by Crippen LogP contribution is 2.31. The van der Waals surface area contributed by atoms with Crippen molar-refractivity contribution in [3.05, 3.63) is 46.1 Å². The smallest absolute Gasteiger partial charge is 0.274 e. The lowest BCUT2D eigenvalue weighted by Gasteiger charge is -2.29. The molecule has 1 aromatic heterocycles. The molecule has 5 nitrogen and oxygen atoms in total. The van der Waals surface area contributed by atoms with Crippen LogP contribution in [0.25, 0.3) is 0 Å². The summed E-state index contributed by atoms with van der Waals surface area (Å²) < 4.78 is 0. The maximum absolute atomic E-state index is 12.4. The highest BCUT2D eigenvalue weighted by atomic mass is 35.5. The number of hydrogen-bond donors (Lipinski definition) is 1. The summed E-state index contributed by atoms with van der Waals surface area (Å²) in [4.78, 5) is 14.3. The van der Waals surface area contributed by atoms with E-state index in [9.17, 15) is 4.79 Å². The van der Waals surface area contributed by atoms with Gasteiger partial charge in [0.1, 0.15) is 0 Å². The minimum atomic E-state index is -0.0725. The van der Waals surface area contributed by atoms with E-state index in [1.165, 1.54) is 0 Å². The van der Waals surface area contributed by atoms with Crippen molar-refractivity contribution in [2.45, 2.75) is 19.8 Å². The average molecular weight is 365 g/mol. The van der Waals surface area contributed by atoms with Crippen LogP contribution >= 0.6 is 23.2 Å². The third-order valence-corrected chi connectivity index (χ3v) is 4.80. The number of aromatic nitrogens is 2. The second-order valence-electron chi connectivity index (χ2n) is 6.00. The molecule has 0 unspecified atom stereocenters. The number of piperidine rings is 1. The molecule has 7 heteroatoms. The van der Waals surface area contributed by atoms with Crippen molar-refractivity contribution in [1.29, 1.82) is 0 Å². The molecule has 1 aromatic carbocycles. The number of benzene rings is 1. The number of carbonyl (C=O) groups excluding carboxylic acids is 1. The molecule has 2 aromatic rings. The van der Waals surface area contributed by atoms with Crippen LogP contribution in [0.1, 0.15) is 30.3 Å². The number of carbonyl (C=O) groups is 1. The lowest BCUT2D eigenvalue weighted by atomic mass is 9.99. The summed E-state index contributed by atoms with van der Waals surface area (Å²) >= 11 is 12.2. The molecule has 0 atom stereocenters. The van der Waals surface area contributed by atoms with Crippen molar-refractivity contribution in [2.24, 2.45) is 5.92 Å². The van der Waals surface area contributed by atoms with Gasteiger partial charge in [0.15, 0.2) is 11.5 Å². The van der Waals surface area contributed by atoms with Gasteiger partial charge in [0.2, 0.25) is 0 Å². The fourth-order valence-corrected chi connectivity index (χ4v) is 3.12. The Morgan fingerprint density at radius 1 is 1.12 bits per heavy atom. The molecule has 0 saturated carbocycles. The van der Waals surface area contributed by atoms with Gasteiger partial charge in [-0.05, 0) is 43.0 Å². The van der Waals surface area contributed by atoms with Crippen molar-refractivity contribution < 1.29 is 4.79 Å². The van der Waals surface area contributed by atoms with E-state index in [1.807, 2.05) is 4.90 Å². The van der Waals surface area contributed by atoms with Gasteiger partial charge in [-0.3, -0.25) is 4.79 Å². The number of rotatable bonds is 3. The summed E-state index contributed by atoms with van der Waals surface area (Å²) in [6.07, 6.45) is 2.06. The Bertz CT molecular complexity index is 708. The zero-order valence-corrected chi connectivity index (χ0v) is 14.8. The van der Waals surface area contributed by atoms with E-state index in [4.69, 9.17) is 23.2 Å². The highest BCUT2D eigenvalue weighted by molar-refractivity contribution is 6.39. The predicted molar refractivity (Wildman–Crippen MR) is 96.1 cm³/mol. The predicted octanol–water partition coefficient (Wildman–Crippen LogP) is 4.40. The van der Waals surface area contributed by atoms with Crippen LogP contribution in [0.2, 0.25) is 10.0 Å². The average Bonchev–Trinajstić information content (AvgIpc) is 2.59. The Labute approximate surface area is 151 Å². The van der Waals surface area contributed by atoms with Crippen LogP contribution in [0.4, 0.5) is 11.5 Å². The maximum atomic E-state index is 12.4. The summed E-state index contributed by atoms with van der Waals surface area (Å²) in [5.41, 5.74) is 0.916. The van der Waals surface area contributed by atoms with Crippen LogP contribution in [0.5, 0.6) is 0 Å². The first kappa shape index (κ1) is 17.0. The second-order valence-corrected chi connectivity index (χ2v) is 6.81. The Hall–Kier alpha value is -1.85. The Kier molecular flexibility index (Phi) is 5.21. The van der Waals surface area contributed by atoms with Gasteiger partial charge < -0.3 is 10.2 Å². The zero-order valence-electron chi connectivity index (χ0n) is 13.3. The fourth-order valence-electron chi connectivity index (χ4n) is 2.63. The van der Waals surface area contributed by atoms with E-state index in [0.717, 1.165) is 25.9 Å².